The summed E-state index contributed by atoms with van der Waals surface area (Å²) in [6.07, 6.45) is 5.47. The van der Waals surface area contributed by atoms with Crippen LogP contribution in [0.3, 0.4) is 0 Å². The minimum Gasteiger partial charge on any atom is -0.324 e. The second kappa shape index (κ2) is 6.28. The maximum Gasteiger partial charge on any atom is 0.228 e. The summed E-state index contributed by atoms with van der Waals surface area (Å²) in [4.78, 5) is 12.4. The molecule has 0 spiro atoms. The van der Waals surface area contributed by atoms with Gasteiger partial charge in [0.25, 0.3) is 0 Å². The summed E-state index contributed by atoms with van der Waals surface area (Å²) < 4.78 is 1.71. The first-order valence-corrected chi connectivity index (χ1v) is 7.43. The number of anilines is 1. The topological polar surface area (TPSA) is 59.0 Å². The van der Waals surface area contributed by atoms with E-state index < -0.39 is 0 Å². The Balaban J connectivity index is 1.84. The molecular formula is C15H17ClN4O. The SMILES string of the molecule is O=C(Nc1cc(Cl)ccc1-n1cccn1)C1CCCNC1. The Hall–Kier alpha value is -1.85. The number of nitrogens with zero attached hydrogens (tertiary/aromatic N) is 2. The van der Waals surface area contributed by atoms with Crippen LogP contribution in [0.4, 0.5) is 5.69 Å². The number of amides is 1. The summed E-state index contributed by atoms with van der Waals surface area (Å²) in [6, 6.07) is 7.23. The number of carbonyl (C=O) groups is 1. The quantitative estimate of drug-likeness (QED) is 0.916. The van der Waals surface area contributed by atoms with Crippen LogP contribution in [0.1, 0.15) is 12.8 Å². The molecule has 0 bridgehead atoms. The van der Waals surface area contributed by atoms with Gasteiger partial charge in [-0.25, -0.2) is 4.68 Å². The molecule has 1 aliphatic rings. The molecule has 6 heteroatoms. The van der Waals surface area contributed by atoms with Crippen LogP contribution in [0.5, 0.6) is 0 Å². The number of rotatable bonds is 3. The first-order valence-electron chi connectivity index (χ1n) is 7.05. The minimum atomic E-state index is 0.00297. The molecule has 2 N–H and O–H groups in total. The first kappa shape index (κ1) is 14.1. The van der Waals surface area contributed by atoms with Crippen molar-refractivity contribution in [1.82, 2.24) is 15.1 Å². The maximum absolute atomic E-state index is 12.4. The zero-order valence-corrected chi connectivity index (χ0v) is 12.3. The Morgan fingerprint density at radius 2 is 2.38 bits per heavy atom. The molecule has 3 rings (SSSR count). The lowest BCUT2D eigenvalue weighted by atomic mass is 9.99. The van der Waals surface area contributed by atoms with Crippen LogP contribution in [0.2, 0.25) is 5.02 Å². The molecule has 1 aromatic carbocycles. The third kappa shape index (κ3) is 3.25. The highest BCUT2D eigenvalue weighted by atomic mass is 35.5. The fourth-order valence-electron chi connectivity index (χ4n) is 2.53. The van der Waals surface area contributed by atoms with Gasteiger partial charge in [-0.15, -0.1) is 0 Å². The fraction of sp³-hybridized carbons (Fsp3) is 0.333. The lowest BCUT2D eigenvalue weighted by Crippen LogP contribution is -2.37. The third-order valence-electron chi connectivity index (χ3n) is 3.64. The average Bonchev–Trinajstić information content (AvgIpc) is 3.02. The molecule has 110 valence electrons. The Morgan fingerprint density at radius 3 is 3.10 bits per heavy atom. The Morgan fingerprint density at radius 1 is 1.48 bits per heavy atom. The molecular weight excluding hydrogens is 288 g/mol. The van der Waals surface area contributed by atoms with E-state index in [1.165, 1.54) is 0 Å². The molecule has 1 unspecified atom stereocenters. The van der Waals surface area contributed by atoms with Crippen LogP contribution in [-0.2, 0) is 4.79 Å². The summed E-state index contributed by atoms with van der Waals surface area (Å²) in [5.41, 5.74) is 1.49. The molecule has 2 heterocycles. The zero-order chi connectivity index (χ0) is 14.7. The van der Waals surface area contributed by atoms with Gasteiger partial charge in [-0.2, -0.15) is 5.10 Å². The van der Waals surface area contributed by atoms with Crippen molar-refractivity contribution in [1.29, 1.82) is 0 Å². The van der Waals surface area contributed by atoms with E-state index in [0.29, 0.717) is 10.7 Å². The van der Waals surface area contributed by atoms with Crippen molar-refractivity contribution in [3.63, 3.8) is 0 Å². The number of hydrogen-bond donors (Lipinski definition) is 2. The van der Waals surface area contributed by atoms with E-state index in [2.05, 4.69) is 15.7 Å². The van der Waals surface area contributed by atoms with Gasteiger partial charge in [0.2, 0.25) is 5.91 Å². The van der Waals surface area contributed by atoms with Crippen LogP contribution in [0, 0.1) is 5.92 Å². The molecule has 2 aromatic rings. The van der Waals surface area contributed by atoms with Crippen molar-refractivity contribution in [3.8, 4) is 5.69 Å². The van der Waals surface area contributed by atoms with Crippen molar-refractivity contribution < 1.29 is 4.79 Å². The minimum absolute atomic E-state index is 0.00297. The highest BCUT2D eigenvalue weighted by Gasteiger charge is 2.22. The highest BCUT2D eigenvalue weighted by molar-refractivity contribution is 6.31. The van der Waals surface area contributed by atoms with Crippen molar-refractivity contribution in [2.24, 2.45) is 5.92 Å². The molecule has 21 heavy (non-hydrogen) atoms. The van der Waals surface area contributed by atoms with Crippen molar-refractivity contribution >= 4 is 23.2 Å². The van der Waals surface area contributed by atoms with Gasteiger partial charge in [0.15, 0.2) is 0 Å². The monoisotopic (exact) mass is 304 g/mol. The van der Waals surface area contributed by atoms with Crippen molar-refractivity contribution in [2.45, 2.75) is 12.8 Å². The molecule has 1 saturated heterocycles. The van der Waals surface area contributed by atoms with Gasteiger partial charge in [0, 0.05) is 24.0 Å². The predicted molar refractivity (Wildman–Crippen MR) is 82.8 cm³/mol. The van der Waals surface area contributed by atoms with Crippen molar-refractivity contribution in [3.05, 3.63) is 41.7 Å². The molecule has 0 aliphatic carbocycles. The summed E-state index contributed by atoms with van der Waals surface area (Å²) in [7, 11) is 0. The van der Waals surface area contributed by atoms with E-state index in [9.17, 15) is 4.79 Å². The lowest BCUT2D eigenvalue weighted by Gasteiger charge is -2.22. The standard InChI is InChI=1S/C15H17ClN4O/c16-12-4-5-14(20-8-2-7-18-20)13(9-12)19-15(21)11-3-1-6-17-10-11/h2,4-5,7-9,11,17H,1,3,6,10H2,(H,19,21). The van der Waals surface area contributed by atoms with Gasteiger partial charge in [0.1, 0.15) is 0 Å². The molecule has 1 fully saturated rings. The lowest BCUT2D eigenvalue weighted by molar-refractivity contribution is -0.120. The molecule has 1 amide bonds. The summed E-state index contributed by atoms with van der Waals surface area (Å²) in [5, 5.41) is 11.0. The van der Waals surface area contributed by atoms with E-state index in [-0.39, 0.29) is 11.8 Å². The summed E-state index contributed by atoms with van der Waals surface area (Å²) in [5.74, 6) is 0.0288. The molecule has 1 aliphatic heterocycles. The number of nitrogens with one attached hydrogen (secondary N) is 2. The van der Waals surface area contributed by atoms with Gasteiger partial charge >= 0.3 is 0 Å². The first-order chi connectivity index (χ1) is 10.2. The normalized spacial score (nSPS) is 18.4. The second-order valence-electron chi connectivity index (χ2n) is 5.14. The van der Waals surface area contributed by atoms with E-state index in [0.717, 1.165) is 31.6 Å². The van der Waals surface area contributed by atoms with E-state index >= 15 is 0 Å². The number of carbonyl (C=O) groups excluding carboxylic acids is 1. The third-order valence-corrected chi connectivity index (χ3v) is 3.87. The largest absolute Gasteiger partial charge is 0.324 e. The molecule has 0 radical (unpaired) electrons. The van der Waals surface area contributed by atoms with Gasteiger partial charge in [0.05, 0.1) is 17.3 Å². The van der Waals surface area contributed by atoms with Crippen LogP contribution in [0.15, 0.2) is 36.7 Å². The number of benzene rings is 1. The number of piperidine rings is 1. The maximum atomic E-state index is 12.4. The van der Waals surface area contributed by atoms with Crippen molar-refractivity contribution in [2.75, 3.05) is 18.4 Å². The predicted octanol–water partition coefficient (Wildman–Crippen LogP) is 2.46. The van der Waals surface area contributed by atoms with Crippen LogP contribution < -0.4 is 10.6 Å². The Kier molecular flexibility index (Phi) is 4.22. The highest BCUT2D eigenvalue weighted by Crippen LogP contribution is 2.25. The van der Waals surface area contributed by atoms with Gasteiger partial charge in [-0.3, -0.25) is 4.79 Å². The van der Waals surface area contributed by atoms with E-state index in [1.807, 2.05) is 18.3 Å². The molecule has 5 nitrogen and oxygen atoms in total. The summed E-state index contributed by atoms with van der Waals surface area (Å²) >= 11 is 6.05. The van der Waals surface area contributed by atoms with Gasteiger partial charge < -0.3 is 10.6 Å². The smallest absolute Gasteiger partial charge is 0.228 e. The van der Waals surface area contributed by atoms with Crippen LogP contribution in [0.25, 0.3) is 5.69 Å². The zero-order valence-electron chi connectivity index (χ0n) is 11.6. The van der Waals surface area contributed by atoms with Gasteiger partial charge in [-0.1, -0.05) is 11.6 Å². The molecule has 1 aromatic heterocycles. The van der Waals surface area contributed by atoms with E-state index in [1.54, 1.807) is 23.0 Å². The van der Waals surface area contributed by atoms with Crippen LogP contribution >= 0.6 is 11.6 Å². The fourth-order valence-corrected chi connectivity index (χ4v) is 2.70. The second-order valence-corrected chi connectivity index (χ2v) is 5.58. The number of aromatic nitrogens is 2. The number of halogens is 1. The molecule has 1 atom stereocenters. The number of hydrogen-bond acceptors (Lipinski definition) is 3. The Labute approximate surface area is 128 Å². The van der Waals surface area contributed by atoms with E-state index in [4.69, 9.17) is 11.6 Å². The average molecular weight is 305 g/mol. The van der Waals surface area contributed by atoms with Gasteiger partial charge in [-0.05, 0) is 43.7 Å². The molecule has 0 saturated carbocycles. The summed E-state index contributed by atoms with van der Waals surface area (Å²) in [6.45, 7) is 1.71. The Bertz CT molecular complexity index is 621. The van der Waals surface area contributed by atoms with Crippen LogP contribution in [-0.4, -0.2) is 28.8 Å².